The van der Waals surface area contributed by atoms with Crippen molar-refractivity contribution in [3.05, 3.63) is 29.7 Å². The van der Waals surface area contributed by atoms with Crippen LogP contribution in [0.15, 0.2) is 18.3 Å². The van der Waals surface area contributed by atoms with Crippen LogP contribution in [0.25, 0.3) is 5.65 Å². The van der Waals surface area contributed by atoms with Gasteiger partial charge in [-0.15, -0.1) is 10.2 Å². The Hall–Kier alpha value is -1.95. The van der Waals surface area contributed by atoms with Crippen molar-refractivity contribution >= 4 is 11.6 Å². The van der Waals surface area contributed by atoms with Crippen molar-refractivity contribution in [3.63, 3.8) is 0 Å². The van der Waals surface area contributed by atoms with Crippen LogP contribution in [0.5, 0.6) is 0 Å². The maximum atomic E-state index is 11.5. The molecule has 6 heteroatoms. The van der Waals surface area contributed by atoms with E-state index >= 15 is 0 Å². The second-order valence-electron chi connectivity index (χ2n) is 4.61. The molecule has 0 aliphatic carbocycles. The van der Waals surface area contributed by atoms with Crippen molar-refractivity contribution in [1.29, 1.82) is 0 Å². The number of hydrogen-bond donors (Lipinski definition) is 0. The van der Waals surface area contributed by atoms with Gasteiger partial charge >= 0.3 is 5.97 Å². The summed E-state index contributed by atoms with van der Waals surface area (Å²) in [6.07, 6.45) is 3.91. The number of ether oxygens (including phenoxy) is 2. The largest absolute Gasteiger partial charge is 0.465 e. The third-order valence-corrected chi connectivity index (χ3v) is 3.38. The molecule has 6 nitrogen and oxygen atoms in total. The monoisotopic (exact) mass is 261 g/mol. The SMILES string of the molecule is COC(=O)c1ccn2c(C3CCCOC3)nnc2c1. The van der Waals surface area contributed by atoms with Gasteiger partial charge in [0.15, 0.2) is 5.65 Å². The number of nitrogens with zero attached hydrogens (tertiary/aromatic N) is 3. The summed E-state index contributed by atoms with van der Waals surface area (Å²) in [6.45, 7) is 1.50. The number of aromatic nitrogens is 3. The lowest BCUT2D eigenvalue weighted by Crippen LogP contribution is -2.17. The Morgan fingerprint density at radius 3 is 3.16 bits per heavy atom. The predicted molar refractivity (Wildman–Crippen MR) is 67.1 cm³/mol. The second-order valence-corrected chi connectivity index (χ2v) is 4.61. The molecular formula is C13H15N3O3. The maximum absolute atomic E-state index is 11.5. The highest BCUT2D eigenvalue weighted by Crippen LogP contribution is 2.24. The number of carbonyl (C=O) groups is 1. The third kappa shape index (κ3) is 2.19. The fourth-order valence-electron chi connectivity index (χ4n) is 2.38. The van der Waals surface area contributed by atoms with Crippen LogP contribution < -0.4 is 0 Å². The van der Waals surface area contributed by atoms with Crippen LogP contribution in [0.2, 0.25) is 0 Å². The van der Waals surface area contributed by atoms with Gasteiger partial charge < -0.3 is 9.47 Å². The van der Waals surface area contributed by atoms with Crippen LogP contribution in [-0.2, 0) is 9.47 Å². The lowest BCUT2D eigenvalue weighted by molar-refractivity contribution is 0.0600. The highest BCUT2D eigenvalue weighted by molar-refractivity contribution is 5.90. The summed E-state index contributed by atoms with van der Waals surface area (Å²) in [5.74, 6) is 0.798. The zero-order valence-electron chi connectivity index (χ0n) is 10.7. The van der Waals surface area contributed by atoms with Gasteiger partial charge in [0.1, 0.15) is 5.82 Å². The van der Waals surface area contributed by atoms with Gasteiger partial charge in [-0.25, -0.2) is 4.79 Å². The quantitative estimate of drug-likeness (QED) is 0.765. The van der Waals surface area contributed by atoms with E-state index in [2.05, 4.69) is 10.2 Å². The molecule has 2 aromatic rings. The Labute approximate surface area is 110 Å². The number of hydrogen-bond acceptors (Lipinski definition) is 5. The summed E-state index contributed by atoms with van der Waals surface area (Å²) < 4.78 is 12.1. The van der Waals surface area contributed by atoms with Crippen molar-refractivity contribution in [2.75, 3.05) is 20.3 Å². The first-order chi connectivity index (χ1) is 9.29. The van der Waals surface area contributed by atoms with Gasteiger partial charge in [-0.05, 0) is 25.0 Å². The molecule has 19 heavy (non-hydrogen) atoms. The molecular weight excluding hydrogens is 246 g/mol. The van der Waals surface area contributed by atoms with E-state index in [1.54, 1.807) is 12.1 Å². The highest BCUT2D eigenvalue weighted by Gasteiger charge is 2.21. The molecule has 2 aromatic heterocycles. The molecule has 3 rings (SSSR count). The molecule has 3 heterocycles. The van der Waals surface area contributed by atoms with Gasteiger partial charge in [0, 0.05) is 18.7 Å². The fraction of sp³-hybridized carbons (Fsp3) is 0.462. The first kappa shape index (κ1) is 12.1. The van der Waals surface area contributed by atoms with Gasteiger partial charge in [-0.1, -0.05) is 0 Å². The van der Waals surface area contributed by atoms with Gasteiger partial charge in [0.05, 0.1) is 19.3 Å². The van der Waals surface area contributed by atoms with Crippen molar-refractivity contribution in [1.82, 2.24) is 14.6 Å². The topological polar surface area (TPSA) is 65.7 Å². The first-order valence-corrected chi connectivity index (χ1v) is 6.30. The molecule has 0 spiro atoms. The summed E-state index contributed by atoms with van der Waals surface area (Å²) in [5.41, 5.74) is 1.14. The maximum Gasteiger partial charge on any atom is 0.338 e. The molecule has 0 aromatic carbocycles. The van der Waals surface area contributed by atoms with Gasteiger partial charge in [-0.3, -0.25) is 4.40 Å². The summed E-state index contributed by atoms with van der Waals surface area (Å²) in [4.78, 5) is 11.5. The first-order valence-electron chi connectivity index (χ1n) is 6.30. The lowest BCUT2D eigenvalue weighted by Gasteiger charge is -2.20. The third-order valence-electron chi connectivity index (χ3n) is 3.38. The number of methoxy groups -OCH3 is 1. The molecule has 0 radical (unpaired) electrons. The number of esters is 1. The van der Waals surface area contributed by atoms with E-state index in [1.807, 2.05) is 10.6 Å². The molecule has 0 bridgehead atoms. The molecule has 100 valence electrons. The Balaban J connectivity index is 1.97. The molecule has 1 aliphatic rings. The number of pyridine rings is 1. The number of rotatable bonds is 2. The van der Waals surface area contributed by atoms with E-state index in [-0.39, 0.29) is 11.9 Å². The summed E-state index contributed by atoms with van der Waals surface area (Å²) in [6, 6.07) is 3.40. The molecule has 0 N–H and O–H groups in total. The Bertz CT molecular complexity index is 602. The van der Waals surface area contributed by atoms with Gasteiger partial charge in [0.2, 0.25) is 0 Å². The molecule has 0 amide bonds. The zero-order valence-corrected chi connectivity index (χ0v) is 10.7. The van der Waals surface area contributed by atoms with E-state index in [1.165, 1.54) is 7.11 Å². The predicted octanol–water partition coefficient (Wildman–Crippen LogP) is 1.41. The van der Waals surface area contributed by atoms with Crippen LogP contribution in [0.3, 0.4) is 0 Å². The van der Waals surface area contributed by atoms with E-state index in [0.717, 1.165) is 25.3 Å². The zero-order chi connectivity index (χ0) is 13.2. The minimum atomic E-state index is -0.368. The van der Waals surface area contributed by atoms with Crippen LogP contribution in [0.4, 0.5) is 0 Å². The standard InChI is InChI=1S/C13H15N3O3/c1-18-13(17)9-4-5-16-11(7-9)14-15-12(16)10-3-2-6-19-8-10/h4-5,7,10H,2-3,6,8H2,1H3. The Morgan fingerprint density at radius 1 is 1.53 bits per heavy atom. The van der Waals surface area contributed by atoms with Crippen LogP contribution in [0.1, 0.15) is 34.9 Å². The summed E-state index contributed by atoms with van der Waals surface area (Å²) >= 11 is 0. The smallest absolute Gasteiger partial charge is 0.338 e. The Kier molecular flexibility index (Phi) is 3.16. The van der Waals surface area contributed by atoms with Crippen molar-refractivity contribution in [3.8, 4) is 0 Å². The van der Waals surface area contributed by atoms with Crippen LogP contribution >= 0.6 is 0 Å². The van der Waals surface area contributed by atoms with E-state index in [9.17, 15) is 4.79 Å². The minimum absolute atomic E-state index is 0.271. The fourth-order valence-corrected chi connectivity index (χ4v) is 2.38. The molecule has 1 unspecified atom stereocenters. The number of carbonyl (C=O) groups excluding carboxylic acids is 1. The van der Waals surface area contributed by atoms with E-state index in [4.69, 9.17) is 9.47 Å². The highest BCUT2D eigenvalue weighted by atomic mass is 16.5. The van der Waals surface area contributed by atoms with Crippen molar-refractivity contribution in [2.45, 2.75) is 18.8 Å². The molecule has 0 saturated carbocycles. The summed E-state index contributed by atoms with van der Waals surface area (Å²) in [7, 11) is 1.36. The molecule has 1 saturated heterocycles. The summed E-state index contributed by atoms with van der Waals surface area (Å²) in [5, 5.41) is 8.35. The van der Waals surface area contributed by atoms with Crippen molar-refractivity contribution in [2.24, 2.45) is 0 Å². The average molecular weight is 261 g/mol. The Morgan fingerprint density at radius 2 is 2.42 bits per heavy atom. The molecule has 1 fully saturated rings. The van der Waals surface area contributed by atoms with Gasteiger partial charge in [0.25, 0.3) is 0 Å². The normalized spacial score (nSPS) is 19.5. The molecule has 1 atom stereocenters. The average Bonchev–Trinajstić information content (AvgIpc) is 2.90. The minimum Gasteiger partial charge on any atom is -0.465 e. The van der Waals surface area contributed by atoms with E-state index < -0.39 is 0 Å². The van der Waals surface area contributed by atoms with Crippen LogP contribution in [-0.4, -0.2) is 40.9 Å². The van der Waals surface area contributed by atoms with Crippen LogP contribution in [0, 0.1) is 0 Å². The van der Waals surface area contributed by atoms with Gasteiger partial charge in [-0.2, -0.15) is 0 Å². The lowest BCUT2D eigenvalue weighted by atomic mass is 10.0. The van der Waals surface area contributed by atoms with Crippen molar-refractivity contribution < 1.29 is 14.3 Å². The second kappa shape index (κ2) is 4.97. The number of fused-ring (bicyclic) bond motifs is 1. The van der Waals surface area contributed by atoms with E-state index in [0.29, 0.717) is 17.8 Å². The molecule has 1 aliphatic heterocycles.